The Kier molecular flexibility index (Phi) is 7.82. The predicted octanol–water partition coefficient (Wildman–Crippen LogP) is 4.15. The lowest BCUT2D eigenvalue weighted by molar-refractivity contribution is -0.147. The second-order valence-corrected chi connectivity index (χ2v) is 10.2. The fraction of sp³-hybridized carbons (Fsp3) is 0.290. The number of nitrogens with one attached hydrogen (secondary N) is 2. The first-order valence-corrected chi connectivity index (χ1v) is 13.2. The molecule has 1 saturated carbocycles. The zero-order valence-electron chi connectivity index (χ0n) is 21.8. The van der Waals surface area contributed by atoms with E-state index in [1.54, 1.807) is 12.1 Å². The minimum atomic E-state index is -1.30. The molecule has 2 aliphatic rings. The Morgan fingerprint density at radius 3 is 2.05 bits per heavy atom. The molecule has 2 amide bonds. The summed E-state index contributed by atoms with van der Waals surface area (Å²) in [4.78, 5) is 49.9. The number of benzene rings is 3. The number of hydrogen-bond donors (Lipinski definition) is 3. The highest BCUT2D eigenvalue weighted by Gasteiger charge is 2.47. The first kappa shape index (κ1) is 26.9. The van der Waals surface area contributed by atoms with Crippen LogP contribution in [0.4, 0.5) is 4.79 Å². The fourth-order valence-corrected chi connectivity index (χ4v) is 5.09. The number of ether oxygens (including phenoxy) is 2. The molecule has 206 valence electrons. The summed E-state index contributed by atoms with van der Waals surface area (Å²) in [6.07, 6.45) is -0.538. The topological polar surface area (TPSA) is 131 Å². The number of amides is 2. The van der Waals surface area contributed by atoms with Gasteiger partial charge in [-0.2, -0.15) is 0 Å². The Morgan fingerprint density at radius 1 is 0.850 bits per heavy atom. The molecule has 3 aromatic carbocycles. The average Bonchev–Trinajstić information content (AvgIpc) is 3.61. The summed E-state index contributed by atoms with van der Waals surface area (Å²) in [6.45, 7) is 0.0531. The Morgan fingerprint density at radius 2 is 1.45 bits per heavy atom. The standard InChI is InChI=1S/C31H30N2O7/c34-27(35)17-31(14-15-31)33-29(37)26(16-28(36)39-18-20-8-2-1-3-9-20)32-30(38)40-19-25-23-12-6-4-10-21(23)22-11-5-7-13-24(22)25/h1-13,25-26H,14-19H2,(H,32,38)(H,33,37)(H,34,35)/t26-/m0/s1. The Labute approximate surface area is 231 Å². The van der Waals surface area contributed by atoms with E-state index in [-0.39, 0.29) is 25.6 Å². The third-order valence-electron chi connectivity index (χ3n) is 7.30. The van der Waals surface area contributed by atoms with Gasteiger partial charge in [0.1, 0.15) is 19.3 Å². The van der Waals surface area contributed by atoms with Crippen LogP contribution in [0.15, 0.2) is 78.9 Å². The van der Waals surface area contributed by atoms with E-state index < -0.39 is 41.9 Å². The van der Waals surface area contributed by atoms with Gasteiger partial charge in [0.15, 0.2) is 0 Å². The molecular formula is C31H30N2O7. The SMILES string of the molecule is O=C(O)CC1(NC(=O)[C@H](CC(=O)OCc2ccccc2)NC(=O)OCC2c3ccccc3-c3ccccc32)CC1. The van der Waals surface area contributed by atoms with Crippen LogP contribution in [-0.4, -0.2) is 47.2 Å². The first-order valence-electron chi connectivity index (χ1n) is 13.2. The number of carbonyl (C=O) groups is 4. The van der Waals surface area contributed by atoms with Gasteiger partial charge >= 0.3 is 18.0 Å². The summed E-state index contributed by atoms with van der Waals surface area (Å²) in [7, 11) is 0. The number of carboxylic acid groups (broad SMARTS) is 1. The molecule has 1 fully saturated rings. The summed E-state index contributed by atoms with van der Waals surface area (Å²) in [6, 6.07) is 23.6. The van der Waals surface area contributed by atoms with E-state index in [2.05, 4.69) is 10.6 Å². The Balaban J connectivity index is 1.24. The molecule has 5 rings (SSSR count). The third-order valence-corrected chi connectivity index (χ3v) is 7.30. The van der Waals surface area contributed by atoms with Crippen molar-refractivity contribution in [1.29, 1.82) is 0 Å². The van der Waals surface area contributed by atoms with Gasteiger partial charge in [-0.1, -0.05) is 78.9 Å². The lowest BCUT2D eigenvalue weighted by Crippen LogP contribution is -2.52. The molecule has 9 heteroatoms. The highest BCUT2D eigenvalue weighted by Crippen LogP contribution is 2.44. The van der Waals surface area contributed by atoms with Crippen molar-refractivity contribution in [2.75, 3.05) is 6.61 Å². The van der Waals surface area contributed by atoms with Crippen molar-refractivity contribution in [3.8, 4) is 11.1 Å². The van der Waals surface area contributed by atoms with Crippen molar-refractivity contribution < 1.29 is 33.8 Å². The van der Waals surface area contributed by atoms with Gasteiger partial charge in [0.05, 0.1) is 18.4 Å². The van der Waals surface area contributed by atoms with Gasteiger partial charge < -0.3 is 25.2 Å². The van der Waals surface area contributed by atoms with Crippen LogP contribution in [0.1, 0.15) is 48.3 Å². The Hall–Kier alpha value is -4.66. The molecule has 2 aliphatic carbocycles. The van der Waals surface area contributed by atoms with Crippen LogP contribution in [0.25, 0.3) is 11.1 Å². The number of alkyl carbamates (subject to hydrolysis) is 1. The number of hydrogen-bond acceptors (Lipinski definition) is 6. The molecule has 1 atom stereocenters. The lowest BCUT2D eigenvalue weighted by atomic mass is 9.98. The van der Waals surface area contributed by atoms with Crippen LogP contribution >= 0.6 is 0 Å². The van der Waals surface area contributed by atoms with E-state index in [0.29, 0.717) is 12.8 Å². The number of esters is 1. The molecule has 0 radical (unpaired) electrons. The maximum absolute atomic E-state index is 13.1. The zero-order chi connectivity index (χ0) is 28.1. The summed E-state index contributed by atoms with van der Waals surface area (Å²) in [5.41, 5.74) is 4.15. The molecule has 0 aliphatic heterocycles. The fourth-order valence-electron chi connectivity index (χ4n) is 5.09. The predicted molar refractivity (Wildman–Crippen MR) is 145 cm³/mol. The second-order valence-electron chi connectivity index (χ2n) is 10.2. The van der Waals surface area contributed by atoms with E-state index >= 15 is 0 Å². The van der Waals surface area contributed by atoms with E-state index in [0.717, 1.165) is 27.8 Å². The normalized spacial score (nSPS) is 15.2. The largest absolute Gasteiger partial charge is 0.481 e. The van der Waals surface area contributed by atoms with Gasteiger partial charge in [-0.05, 0) is 40.7 Å². The molecule has 9 nitrogen and oxygen atoms in total. The molecule has 0 spiro atoms. The number of rotatable bonds is 11. The summed E-state index contributed by atoms with van der Waals surface area (Å²) in [5.74, 6) is -2.57. The van der Waals surface area contributed by atoms with E-state index in [9.17, 15) is 24.3 Å². The number of carboxylic acids is 1. The average molecular weight is 543 g/mol. The molecule has 3 N–H and O–H groups in total. The van der Waals surface area contributed by atoms with Crippen LogP contribution in [-0.2, 0) is 30.5 Å². The quantitative estimate of drug-likeness (QED) is 0.310. The molecule has 0 aromatic heterocycles. The molecule has 0 unspecified atom stereocenters. The van der Waals surface area contributed by atoms with Gasteiger partial charge in [0, 0.05) is 5.92 Å². The van der Waals surface area contributed by atoms with E-state index in [1.165, 1.54) is 0 Å². The summed E-state index contributed by atoms with van der Waals surface area (Å²) in [5, 5.41) is 14.4. The lowest BCUT2D eigenvalue weighted by Gasteiger charge is -2.22. The molecule has 0 bridgehead atoms. The van der Waals surface area contributed by atoms with Crippen molar-refractivity contribution in [1.82, 2.24) is 10.6 Å². The van der Waals surface area contributed by atoms with E-state index in [1.807, 2.05) is 66.7 Å². The van der Waals surface area contributed by atoms with Gasteiger partial charge in [-0.15, -0.1) is 0 Å². The molecule has 0 saturated heterocycles. The molecular weight excluding hydrogens is 512 g/mol. The monoisotopic (exact) mass is 542 g/mol. The zero-order valence-corrected chi connectivity index (χ0v) is 21.8. The number of aliphatic carboxylic acids is 1. The maximum atomic E-state index is 13.1. The highest BCUT2D eigenvalue weighted by molar-refractivity contribution is 5.90. The van der Waals surface area contributed by atoms with Gasteiger partial charge in [-0.25, -0.2) is 4.79 Å². The summed E-state index contributed by atoms with van der Waals surface area (Å²) >= 11 is 0. The van der Waals surface area contributed by atoms with Gasteiger partial charge in [0.25, 0.3) is 0 Å². The number of carbonyl (C=O) groups excluding carboxylic acids is 3. The van der Waals surface area contributed by atoms with Crippen molar-refractivity contribution in [2.24, 2.45) is 0 Å². The first-order chi connectivity index (χ1) is 19.3. The van der Waals surface area contributed by atoms with Gasteiger partial charge in [-0.3, -0.25) is 14.4 Å². The maximum Gasteiger partial charge on any atom is 0.407 e. The van der Waals surface area contributed by atoms with Crippen molar-refractivity contribution in [2.45, 2.75) is 49.8 Å². The van der Waals surface area contributed by atoms with E-state index in [4.69, 9.17) is 9.47 Å². The van der Waals surface area contributed by atoms with Crippen molar-refractivity contribution >= 4 is 23.9 Å². The smallest absolute Gasteiger partial charge is 0.407 e. The van der Waals surface area contributed by atoms with Crippen LogP contribution in [0, 0.1) is 0 Å². The minimum Gasteiger partial charge on any atom is -0.481 e. The number of fused-ring (bicyclic) bond motifs is 3. The third kappa shape index (κ3) is 6.31. The highest BCUT2D eigenvalue weighted by atomic mass is 16.5. The molecule has 3 aromatic rings. The van der Waals surface area contributed by atoms with Crippen LogP contribution in [0.2, 0.25) is 0 Å². The van der Waals surface area contributed by atoms with Crippen LogP contribution in [0.5, 0.6) is 0 Å². The minimum absolute atomic E-state index is 0.0158. The van der Waals surface area contributed by atoms with Crippen molar-refractivity contribution in [3.05, 3.63) is 95.6 Å². The van der Waals surface area contributed by atoms with Crippen molar-refractivity contribution in [3.63, 3.8) is 0 Å². The van der Waals surface area contributed by atoms with Crippen LogP contribution < -0.4 is 10.6 Å². The Bertz CT molecular complexity index is 1370. The molecule has 0 heterocycles. The second kappa shape index (κ2) is 11.6. The van der Waals surface area contributed by atoms with Gasteiger partial charge in [0.2, 0.25) is 5.91 Å². The molecule has 40 heavy (non-hydrogen) atoms. The summed E-state index contributed by atoms with van der Waals surface area (Å²) < 4.78 is 10.9. The van der Waals surface area contributed by atoms with Crippen LogP contribution in [0.3, 0.4) is 0 Å².